The maximum atomic E-state index is 13.0. The van der Waals surface area contributed by atoms with Crippen LogP contribution in [0.1, 0.15) is 10.4 Å². The summed E-state index contributed by atoms with van der Waals surface area (Å²) in [5, 5.41) is -0.0474. The SMILES string of the molecule is NCc1cc(S(=O)(=O)NCc2ccc(F)c(Cl)c2)c(Br)s1. The van der Waals surface area contributed by atoms with Crippen LogP contribution in [0.15, 0.2) is 32.9 Å². The van der Waals surface area contributed by atoms with Crippen molar-refractivity contribution in [1.82, 2.24) is 4.72 Å². The molecule has 9 heteroatoms. The summed E-state index contributed by atoms with van der Waals surface area (Å²) < 4.78 is 40.4. The highest BCUT2D eigenvalue weighted by Gasteiger charge is 2.20. The fourth-order valence-corrected chi connectivity index (χ4v) is 5.37. The summed E-state index contributed by atoms with van der Waals surface area (Å²) in [6, 6.07) is 5.57. The van der Waals surface area contributed by atoms with Crippen molar-refractivity contribution in [2.75, 3.05) is 0 Å². The Kier molecular flexibility index (Phi) is 5.39. The largest absolute Gasteiger partial charge is 0.326 e. The topological polar surface area (TPSA) is 72.2 Å². The number of thiophene rings is 1. The summed E-state index contributed by atoms with van der Waals surface area (Å²) in [5.41, 5.74) is 6.06. The number of hydrogen-bond donors (Lipinski definition) is 2. The average molecular weight is 414 g/mol. The van der Waals surface area contributed by atoms with Gasteiger partial charge in [0.05, 0.1) is 8.81 Å². The first-order valence-electron chi connectivity index (χ1n) is 5.75. The van der Waals surface area contributed by atoms with Gasteiger partial charge in [-0.15, -0.1) is 11.3 Å². The van der Waals surface area contributed by atoms with Crippen molar-refractivity contribution in [2.24, 2.45) is 5.73 Å². The first kappa shape index (κ1) is 16.9. The highest BCUT2D eigenvalue weighted by molar-refractivity contribution is 9.11. The van der Waals surface area contributed by atoms with E-state index in [1.54, 1.807) is 0 Å². The Morgan fingerprint density at radius 2 is 2.10 bits per heavy atom. The Labute approximate surface area is 139 Å². The van der Waals surface area contributed by atoms with Gasteiger partial charge < -0.3 is 5.73 Å². The van der Waals surface area contributed by atoms with Gasteiger partial charge in [-0.1, -0.05) is 17.7 Å². The van der Waals surface area contributed by atoms with Gasteiger partial charge in [0, 0.05) is 18.0 Å². The van der Waals surface area contributed by atoms with Gasteiger partial charge in [-0.05, 0) is 39.7 Å². The molecule has 0 aliphatic rings. The van der Waals surface area contributed by atoms with Crippen molar-refractivity contribution in [3.05, 3.63) is 49.3 Å². The zero-order chi connectivity index (χ0) is 15.6. The first-order chi connectivity index (χ1) is 9.83. The van der Waals surface area contributed by atoms with Crippen LogP contribution in [0.3, 0.4) is 0 Å². The number of halogens is 3. The molecule has 0 fully saturated rings. The molecule has 3 N–H and O–H groups in total. The standard InChI is InChI=1S/C12H11BrClFN2O2S2/c13-12-11(4-8(5-16)20-12)21(18,19)17-6-7-1-2-10(15)9(14)3-7/h1-4,17H,5-6,16H2. The number of hydrogen-bond acceptors (Lipinski definition) is 4. The smallest absolute Gasteiger partial charge is 0.242 e. The van der Waals surface area contributed by atoms with Crippen molar-refractivity contribution in [3.8, 4) is 0 Å². The minimum absolute atomic E-state index is 0.0164. The summed E-state index contributed by atoms with van der Waals surface area (Å²) in [4.78, 5) is 0.897. The number of rotatable bonds is 5. The Balaban J connectivity index is 2.17. The Morgan fingerprint density at radius 3 is 2.67 bits per heavy atom. The minimum Gasteiger partial charge on any atom is -0.326 e. The van der Waals surface area contributed by atoms with Gasteiger partial charge in [0.2, 0.25) is 10.0 Å². The molecule has 0 bridgehead atoms. The third kappa shape index (κ3) is 4.02. The quantitative estimate of drug-likeness (QED) is 0.790. The summed E-state index contributed by atoms with van der Waals surface area (Å²) in [7, 11) is -3.68. The van der Waals surface area contributed by atoms with Crippen LogP contribution in [-0.2, 0) is 23.1 Å². The van der Waals surface area contributed by atoms with E-state index in [-0.39, 0.29) is 23.0 Å². The number of nitrogens with one attached hydrogen (secondary N) is 1. The monoisotopic (exact) mass is 412 g/mol. The highest BCUT2D eigenvalue weighted by Crippen LogP contribution is 2.31. The van der Waals surface area contributed by atoms with Gasteiger partial charge in [-0.25, -0.2) is 17.5 Å². The number of nitrogens with two attached hydrogens (primary N) is 1. The van der Waals surface area contributed by atoms with E-state index in [9.17, 15) is 12.8 Å². The van der Waals surface area contributed by atoms with E-state index in [4.69, 9.17) is 17.3 Å². The molecule has 2 rings (SSSR count). The minimum atomic E-state index is -3.68. The molecule has 0 atom stereocenters. The zero-order valence-electron chi connectivity index (χ0n) is 10.6. The highest BCUT2D eigenvalue weighted by atomic mass is 79.9. The normalized spacial score (nSPS) is 11.8. The lowest BCUT2D eigenvalue weighted by Gasteiger charge is -2.06. The van der Waals surface area contributed by atoms with E-state index in [0.717, 1.165) is 4.88 Å². The Hall–Kier alpha value is -0.510. The summed E-state index contributed by atoms with van der Waals surface area (Å²) in [5.74, 6) is -0.545. The van der Waals surface area contributed by atoms with Gasteiger partial charge in [0.15, 0.2) is 0 Å². The van der Waals surface area contributed by atoms with Crippen molar-refractivity contribution < 1.29 is 12.8 Å². The van der Waals surface area contributed by atoms with E-state index >= 15 is 0 Å². The zero-order valence-corrected chi connectivity index (χ0v) is 14.5. The molecule has 0 spiro atoms. The van der Waals surface area contributed by atoms with E-state index in [1.165, 1.54) is 35.6 Å². The third-order valence-corrected chi connectivity index (χ3v) is 6.61. The van der Waals surface area contributed by atoms with Crippen molar-refractivity contribution in [1.29, 1.82) is 0 Å². The molecule has 0 amide bonds. The van der Waals surface area contributed by atoms with Crippen molar-refractivity contribution >= 4 is 48.9 Å². The van der Waals surface area contributed by atoms with Crippen LogP contribution in [-0.4, -0.2) is 8.42 Å². The molecule has 1 heterocycles. The second-order valence-electron chi connectivity index (χ2n) is 4.13. The molecule has 21 heavy (non-hydrogen) atoms. The van der Waals surface area contributed by atoms with Gasteiger partial charge >= 0.3 is 0 Å². The van der Waals surface area contributed by atoms with E-state index in [1.807, 2.05) is 0 Å². The first-order valence-corrected chi connectivity index (χ1v) is 9.22. The van der Waals surface area contributed by atoms with E-state index in [0.29, 0.717) is 9.35 Å². The van der Waals surface area contributed by atoms with Crippen molar-refractivity contribution in [3.63, 3.8) is 0 Å². The van der Waals surface area contributed by atoms with Crippen LogP contribution in [0.2, 0.25) is 5.02 Å². The van der Waals surface area contributed by atoms with Crippen LogP contribution in [0.5, 0.6) is 0 Å². The van der Waals surface area contributed by atoms with E-state index < -0.39 is 15.8 Å². The van der Waals surface area contributed by atoms with Crippen LogP contribution < -0.4 is 10.5 Å². The summed E-state index contributed by atoms with van der Waals surface area (Å²) in [6.07, 6.45) is 0. The van der Waals surface area contributed by atoms with Crippen molar-refractivity contribution in [2.45, 2.75) is 18.0 Å². The molecule has 0 saturated heterocycles. The molecule has 2 aromatic rings. The van der Waals surface area contributed by atoms with Crippen LogP contribution in [0, 0.1) is 5.82 Å². The van der Waals surface area contributed by atoms with E-state index in [2.05, 4.69) is 20.7 Å². The lowest BCUT2D eigenvalue weighted by Crippen LogP contribution is -2.23. The van der Waals surface area contributed by atoms with Gasteiger partial charge in [-0.3, -0.25) is 0 Å². The van der Waals surface area contributed by atoms with Gasteiger partial charge in [0.25, 0.3) is 0 Å². The molecular formula is C12H11BrClFN2O2S2. The van der Waals surface area contributed by atoms with Crippen LogP contribution >= 0.6 is 38.9 Å². The predicted molar refractivity (Wildman–Crippen MR) is 85.3 cm³/mol. The molecule has 0 aliphatic carbocycles. The predicted octanol–water partition coefficient (Wildman–Crippen LogP) is 3.24. The third-order valence-electron chi connectivity index (χ3n) is 2.65. The lowest BCUT2D eigenvalue weighted by molar-refractivity contribution is 0.581. The summed E-state index contributed by atoms with van der Waals surface area (Å²) in [6.45, 7) is 0.287. The molecule has 1 aromatic carbocycles. The fourth-order valence-electron chi connectivity index (χ4n) is 1.59. The maximum absolute atomic E-state index is 13.0. The summed E-state index contributed by atoms with van der Waals surface area (Å²) >= 11 is 10.1. The molecule has 0 aliphatic heterocycles. The fraction of sp³-hybridized carbons (Fsp3) is 0.167. The maximum Gasteiger partial charge on any atom is 0.242 e. The van der Waals surface area contributed by atoms with Gasteiger partial charge in [-0.2, -0.15) is 0 Å². The molecule has 4 nitrogen and oxygen atoms in total. The molecular weight excluding hydrogens is 403 g/mol. The molecule has 0 unspecified atom stereocenters. The number of benzene rings is 1. The molecule has 0 radical (unpaired) electrons. The molecule has 0 saturated carbocycles. The Bertz CT molecular complexity index is 765. The Morgan fingerprint density at radius 1 is 1.38 bits per heavy atom. The second-order valence-corrected chi connectivity index (χ2v) is 8.73. The van der Waals surface area contributed by atoms with Gasteiger partial charge in [0.1, 0.15) is 10.7 Å². The molecule has 114 valence electrons. The molecule has 1 aromatic heterocycles. The second kappa shape index (κ2) is 6.72. The lowest BCUT2D eigenvalue weighted by atomic mass is 10.2. The average Bonchev–Trinajstić information content (AvgIpc) is 2.82. The van der Waals surface area contributed by atoms with Crippen LogP contribution in [0.25, 0.3) is 0 Å². The number of sulfonamides is 1. The van der Waals surface area contributed by atoms with Crippen LogP contribution in [0.4, 0.5) is 4.39 Å².